The largest absolute Gasteiger partial charge is 0.494 e. The number of amides is 1. The molecule has 0 radical (unpaired) electrons. The first-order valence-corrected chi connectivity index (χ1v) is 16.8. The van der Waals surface area contributed by atoms with Gasteiger partial charge in [-0.15, -0.1) is 0 Å². The van der Waals surface area contributed by atoms with E-state index in [2.05, 4.69) is 49.3 Å². The number of nitrogens with one attached hydrogen (secondary N) is 3. The molecule has 4 rings (SSSR count). The van der Waals surface area contributed by atoms with Crippen molar-refractivity contribution in [2.45, 2.75) is 12.5 Å². The van der Waals surface area contributed by atoms with Crippen LogP contribution in [-0.4, -0.2) is 87.7 Å². The fourth-order valence-corrected chi connectivity index (χ4v) is 6.23. The van der Waals surface area contributed by atoms with Crippen LogP contribution >= 0.6 is 18.7 Å². The number of benzene rings is 2. The summed E-state index contributed by atoms with van der Waals surface area (Å²) >= 11 is 6.45. The predicted octanol–water partition coefficient (Wildman–Crippen LogP) is 5.16. The lowest BCUT2D eigenvalue weighted by molar-refractivity contribution is -0.111. The standard InChI is InChI=1S/C30H39ClN7O4P/c1-7-28(39)33-23-16-24(26(42-4)17-25(23)38-13-12-20(19-38)37(2)14-15-41-3)35-30-32-18-21(31)29(36-30)34-22-10-8-9-11-27(22)43(5,6)40/h7-11,16-18,20H,1,12-15,19H2,2-6H3,(H,33,39)(H2,32,34,35,36). The molecule has 0 bridgehead atoms. The van der Waals surface area contributed by atoms with Crippen molar-refractivity contribution in [3.63, 3.8) is 0 Å². The van der Waals surface area contributed by atoms with Crippen LogP contribution in [0.4, 0.5) is 34.5 Å². The average Bonchev–Trinajstić information content (AvgIpc) is 3.48. The molecule has 2 aromatic carbocycles. The molecule has 0 aliphatic carbocycles. The monoisotopic (exact) mass is 627 g/mol. The molecule has 0 saturated carbocycles. The molecule has 3 N–H and O–H groups in total. The van der Waals surface area contributed by atoms with E-state index >= 15 is 0 Å². The van der Waals surface area contributed by atoms with Crippen LogP contribution < -0.4 is 30.9 Å². The molecule has 43 heavy (non-hydrogen) atoms. The van der Waals surface area contributed by atoms with Crippen LogP contribution in [0.2, 0.25) is 5.02 Å². The Morgan fingerprint density at radius 1 is 1.21 bits per heavy atom. The molecule has 230 valence electrons. The van der Waals surface area contributed by atoms with E-state index in [1.807, 2.05) is 30.3 Å². The van der Waals surface area contributed by atoms with Crippen molar-refractivity contribution in [1.82, 2.24) is 14.9 Å². The molecule has 1 aliphatic rings. The maximum atomic E-state index is 12.9. The van der Waals surface area contributed by atoms with Gasteiger partial charge in [-0.2, -0.15) is 4.98 Å². The van der Waals surface area contributed by atoms with E-state index in [1.165, 1.54) is 12.3 Å². The van der Waals surface area contributed by atoms with E-state index in [-0.39, 0.29) is 11.9 Å². The number of para-hydroxylation sites is 1. The van der Waals surface area contributed by atoms with Crippen molar-refractivity contribution in [3.8, 4) is 5.75 Å². The van der Waals surface area contributed by atoms with E-state index in [0.717, 1.165) is 31.7 Å². The van der Waals surface area contributed by atoms with Crippen molar-refractivity contribution in [3.05, 3.63) is 60.3 Å². The summed E-state index contributed by atoms with van der Waals surface area (Å²) in [7, 11) is 2.81. The first-order valence-electron chi connectivity index (χ1n) is 13.8. The number of rotatable bonds is 13. The summed E-state index contributed by atoms with van der Waals surface area (Å²) in [6, 6.07) is 11.4. The van der Waals surface area contributed by atoms with Crippen molar-refractivity contribution in [1.29, 1.82) is 0 Å². The number of anilines is 6. The molecule has 11 nitrogen and oxygen atoms in total. The second-order valence-electron chi connectivity index (χ2n) is 10.6. The fourth-order valence-electron chi connectivity index (χ4n) is 4.93. The lowest BCUT2D eigenvalue weighted by Gasteiger charge is -2.27. The number of carbonyl (C=O) groups excluding carboxylic acids is 1. The van der Waals surface area contributed by atoms with Gasteiger partial charge in [0.1, 0.15) is 17.9 Å². The molecule has 1 amide bonds. The van der Waals surface area contributed by atoms with Gasteiger partial charge in [0.2, 0.25) is 11.9 Å². The average molecular weight is 628 g/mol. The first kappa shape index (κ1) is 32.3. The van der Waals surface area contributed by atoms with Crippen molar-refractivity contribution >= 4 is 64.5 Å². The number of aromatic nitrogens is 2. The number of likely N-dealkylation sites (N-methyl/N-ethyl adjacent to an activating group) is 1. The van der Waals surface area contributed by atoms with Crippen LogP contribution in [0.25, 0.3) is 0 Å². The number of halogens is 1. The molecule has 1 unspecified atom stereocenters. The van der Waals surface area contributed by atoms with Crippen LogP contribution in [0, 0.1) is 0 Å². The first-order chi connectivity index (χ1) is 20.5. The van der Waals surface area contributed by atoms with Gasteiger partial charge in [0.05, 0.1) is 42.7 Å². The molecular weight excluding hydrogens is 589 g/mol. The number of carbonyl (C=O) groups is 1. The Morgan fingerprint density at radius 2 is 1.98 bits per heavy atom. The molecule has 2 heterocycles. The van der Waals surface area contributed by atoms with Gasteiger partial charge in [-0.3, -0.25) is 9.69 Å². The SMILES string of the molecule is C=CC(=O)Nc1cc(Nc2ncc(Cl)c(Nc3ccccc3P(C)(C)=O)n2)c(OC)cc1N1CCC(N(C)CCOC)C1. The highest BCUT2D eigenvalue weighted by Gasteiger charge is 2.28. The molecule has 1 saturated heterocycles. The number of hydrogen-bond acceptors (Lipinski definition) is 10. The van der Waals surface area contributed by atoms with E-state index in [1.54, 1.807) is 33.6 Å². The number of ether oxygens (including phenoxy) is 2. The Morgan fingerprint density at radius 3 is 2.67 bits per heavy atom. The summed E-state index contributed by atoms with van der Waals surface area (Å²) in [5, 5.41) is 10.3. The third-order valence-electron chi connectivity index (χ3n) is 7.26. The predicted molar refractivity (Wildman–Crippen MR) is 176 cm³/mol. The van der Waals surface area contributed by atoms with E-state index in [0.29, 0.717) is 51.6 Å². The van der Waals surface area contributed by atoms with Gasteiger partial charge in [-0.05, 0) is 51.1 Å². The minimum Gasteiger partial charge on any atom is -0.494 e. The summed E-state index contributed by atoms with van der Waals surface area (Å²) in [6.07, 6.45) is 3.68. The quantitative estimate of drug-likeness (QED) is 0.173. The lowest BCUT2D eigenvalue weighted by Crippen LogP contribution is -2.36. The van der Waals surface area contributed by atoms with Gasteiger partial charge < -0.3 is 34.9 Å². The zero-order valence-electron chi connectivity index (χ0n) is 25.2. The Bertz CT molecular complexity index is 1520. The van der Waals surface area contributed by atoms with Crippen LogP contribution in [-0.2, 0) is 14.1 Å². The molecule has 0 spiro atoms. The zero-order chi connectivity index (χ0) is 31.1. The summed E-state index contributed by atoms with van der Waals surface area (Å²) in [5.74, 6) is 0.798. The summed E-state index contributed by atoms with van der Waals surface area (Å²) in [5.41, 5.74) is 2.62. The van der Waals surface area contributed by atoms with E-state index in [9.17, 15) is 9.36 Å². The fraction of sp³-hybridized carbons (Fsp3) is 0.367. The molecule has 1 fully saturated rings. The second-order valence-corrected chi connectivity index (χ2v) is 14.2. The molecule has 1 atom stereocenters. The highest BCUT2D eigenvalue weighted by atomic mass is 35.5. The van der Waals surface area contributed by atoms with Gasteiger partial charge in [0, 0.05) is 44.2 Å². The third-order valence-corrected chi connectivity index (χ3v) is 9.09. The molecular formula is C30H39ClN7O4P. The number of methoxy groups -OCH3 is 2. The van der Waals surface area contributed by atoms with Gasteiger partial charge in [0.25, 0.3) is 0 Å². The summed E-state index contributed by atoms with van der Waals surface area (Å²) in [4.78, 5) is 25.9. The summed E-state index contributed by atoms with van der Waals surface area (Å²) < 4.78 is 23.9. The molecule has 1 aromatic heterocycles. The van der Waals surface area contributed by atoms with Crippen LogP contribution in [0.3, 0.4) is 0 Å². The van der Waals surface area contributed by atoms with Crippen LogP contribution in [0.5, 0.6) is 5.75 Å². The number of nitrogens with zero attached hydrogens (tertiary/aromatic N) is 4. The molecule has 13 heteroatoms. The lowest BCUT2D eigenvalue weighted by atomic mass is 10.2. The van der Waals surface area contributed by atoms with Crippen molar-refractivity contribution in [2.75, 3.05) is 81.7 Å². The normalized spacial score (nSPS) is 15.0. The maximum Gasteiger partial charge on any atom is 0.247 e. The van der Waals surface area contributed by atoms with Gasteiger partial charge >= 0.3 is 0 Å². The van der Waals surface area contributed by atoms with E-state index in [4.69, 9.17) is 21.1 Å². The zero-order valence-corrected chi connectivity index (χ0v) is 26.8. The van der Waals surface area contributed by atoms with Crippen LogP contribution in [0.1, 0.15) is 6.42 Å². The van der Waals surface area contributed by atoms with E-state index < -0.39 is 7.14 Å². The highest BCUT2D eigenvalue weighted by molar-refractivity contribution is 7.70. The second kappa shape index (κ2) is 14.2. The Hall–Kier alpha value is -3.63. The van der Waals surface area contributed by atoms with Crippen molar-refractivity contribution in [2.24, 2.45) is 0 Å². The minimum atomic E-state index is -2.57. The van der Waals surface area contributed by atoms with Crippen LogP contribution in [0.15, 0.2) is 55.3 Å². The number of hydrogen-bond donors (Lipinski definition) is 3. The third kappa shape index (κ3) is 8.06. The Balaban J connectivity index is 1.64. The molecule has 1 aliphatic heterocycles. The Kier molecular flexibility index (Phi) is 10.7. The molecule has 3 aromatic rings. The topological polar surface area (TPSA) is 121 Å². The van der Waals surface area contributed by atoms with Gasteiger partial charge in [-0.1, -0.05) is 30.3 Å². The van der Waals surface area contributed by atoms with Gasteiger partial charge in [-0.25, -0.2) is 4.98 Å². The summed E-state index contributed by atoms with van der Waals surface area (Å²) in [6.45, 7) is 10.1. The highest BCUT2D eigenvalue weighted by Crippen LogP contribution is 2.41. The Labute approximate surface area is 258 Å². The van der Waals surface area contributed by atoms with Crippen molar-refractivity contribution < 1.29 is 18.8 Å². The smallest absolute Gasteiger partial charge is 0.247 e. The maximum absolute atomic E-state index is 12.9. The minimum absolute atomic E-state index is 0.244. The van der Waals surface area contributed by atoms with Gasteiger partial charge in [0.15, 0.2) is 5.82 Å².